The lowest BCUT2D eigenvalue weighted by Crippen LogP contribution is -2.23. The van der Waals surface area contributed by atoms with Crippen molar-refractivity contribution in [3.05, 3.63) is 0 Å². The zero-order chi connectivity index (χ0) is 22.4. The Morgan fingerprint density at radius 2 is 0.786 bits per heavy atom. The molecule has 0 heterocycles. The predicted octanol–water partition coefficient (Wildman–Crippen LogP) is 4.92. The first-order chi connectivity index (χ1) is 13.1. The molecule has 0 unspecified atom stereocenters. The normalized spacial score (nSPS) is 9.50. The summed E-state index contributed by atoms with van der Waals surface area (Å²) in [5.41, 5.74) is 0. The Kier molecular flexibility index (Phi) is 24.3. The molecule has 0 saturated heterocycles. The van der Waals surface area contributed by atoms with Gasteiger partial charge in [0.25, 0.3) is 0 Å². The van der Waals surface area contributed by atoms with Gasteiger partial charge >= 0.3 is 24.2 Å². The summed E-state index contributed by atoms with van der Waals surface area (Å²) in [5, 5.41) is 45.3. The van der Waals surface area contributed by atoms with Gasteiger partial charge in [-0.2, -0.15) is 0 Å². The number of carboxylic acid groups (broad SMARTS) is 6. The summed E-state index contributed by atoms with van der Waals surface area (Å²) in [6.45, 7) is 2.22. The van der Waals surface area contributed by atoms with E-state index in [0.29, 0.717) is 6.42 Å². The van der Waals surface area contributed by atoms with Crippen molar-refractivity contribution < 1.29 is 49.8 Å². The highest BCUT2D eigenvalue weighted by Crippen LogP contribution is 2.14. The van der Waals surface area contributed by atoms with Crippen LogP contribution in [0.15, 0.2) is 0 Å². The molecule has 0 amide bonds. The zero-order valence-corrected chi connectivity index (χ0v) is 16.4. The number of carbonyl (C=O) groups is 4. The first kappa shape index (κ1) is 30.2. The molecule has 10 nitrogen and oxygen atoms in total. The molecule has 10 heteroatoms. The minimum absolute atomic E-state index is 0.252. The molecule has 0 aliphatic carbocycles. The molecular formula is C18H34O10. The van der Waals surface area contributed by atoms with Gasteiger partial charge in [0.1, 0.15) is 0 Å². The topological polar surface area (TPSA) is 190 Å². The largest absolute Gasteiger partial charge is 0.503 e. The molecule has 0 aliphatic rings. The molecule has 166 valence electrons. The van der Waals surface area contributed by atoms with E-state index in [4.69, 9.17) is 40.2 Å². The smallest absolute Gasteiger partial charge is 0.481 e. The fourth-order valence-corrected chi connectivity index (χ4v) is 2.37. The summed E-state index contributed by atoms with van der Waals surface area (Å²) in [6.07, 6.45) is 9.65. The van der Waals surface area contributed by atoms with Crippen LogP contribution in [0.2, 0.25) is 0 Å². The van der Waals surface area contributed by atoms with Gasteiger partial charge in [-0.05, 0) is 6.42 Å². The maximum Gasteiger partial charge on any atom is 0.503 e. The monoisotopic (exact) mass is 410 g/mol. The first-order valence-electron chi connectivity index (χ1n) is 9.35. The van der Waals surface area contributed by atoms with Crippen molar-refractivity contribution in [2.75, 3.05) is 0 Å². The average molecular weight is 410 g/mol. The van der Waals surface area contributed by atoms with Crippen molar-refractivity contribution in [2.45, 2.75) is 84.0 Å². The number of hydrogen-bond acceptors (Lipinski definition) is 4. The van der Waals surface area contributed by atoms with E-state index in [2.05, 4.69) is 6.92 Å². The van der Waals surface area contributed by atoms with Crippen LogP contribution in [-0.2, 0) is 9.59 Å². The molecule has 0 aliphatic heterocycles. The third kappa shape index (κ3) is 34.7. The highest BCUT2D eigenvalue weighted by molar-refractivity contribution is 5.92. The van der Waals surface area contributed by atoms with Gasteiger partial charge < -0.3 is 30.6 Å². The molecule has 0 aromatic carbocycles. The van der Waals surface area contributed by atoms with Gasteiger partial charge in [0.2, 0.25) is 0 Å². The fraction of sp³-hybridized carbons (Fsp3) is 0.778. The van der Waals surface area contributed by atoms with Gasteiger partial charge in [-0.3, -0.25) is 9.59 Å². The SMILES string of the molecule is CCCCCCCCCCCCCC(C(=O)O)C(=O)O.O=C(O)O.O=C(O)O. The molecule has 0 bridgehead atoms. The van der Waals surface area contributed by atoms with Gasteiger partial charge in [-0.1, -0.05) is 77.6 Å². The predicted molar refractivity (Wildman–Crippen MR) is 101 cm³/mol. The lowest BCUT2D eigenvalue weighted by atomic mass is 10.00. The molecule has 0 saturated carbocycles. The Morgan fingerprint density at radius 1 is 0.536 bits per heavy atom. The summed E-state index contributed by atoms with van der Waals surface area (Å²) in [4.78, 5) is 38.5. The van der Waals surface area contributed by atoms with Crippen LogP contribution in [0.5, 0.6) is 0 Å². The van der Waals surface area contributed by atoms with E-state index in [-0.39, 0.29) is 6.42 Å². The van der Waals surface area contributed by atoms with Crippen LogP contribution in [0.25, 0.3) is 0 Å². The summed E-state index contributed by atoms with van der Waals surface area (Å²) in [6, 6.07) is 0. The Labute approximate surface area is 164 Å². The molecule has 0 radical (unpaired) electrons. The second-order valence-corrected chi connectivity index (χ2v) is 6.12. The van der Waals surface area contributed by atoms with Crippen LogP contribution in [0.4, 0.5) is 9.59 Å². The fourth-order valence-electron chi connectivity index (χ4n) is 2.37. The number of aliphatic carboxylic acids is 2. The van der Waals surface area contributed by atoms with Gasteiger partial charge in [-0.15, -0.1) is 0 Å². The van der Waals surface area contributed by atoms with E-state index in [1.807, 2.05) is 0 Å². The number of rotatable bonds is 14. The third-order valence-electron chi connectivity index (χ3n) is 3.69. The summed E-state index contributed by atoms with van der Waals surface area (Å²) >= 11 is 0. The van der Waals surface area contributed by atoms with E-state index in [0.717, 1.165) is 12.8 Å². The van der Waals surface area contributed by atoms with Gasteiger partial charge in [0, 0.05) is 0 Å². The van der Waals surface area contributed by atoms with Gasteiger partial charge in [-0.25, -0.2) is 9.59 Å². The standard InChI is InChI=1S/C16H30O4.2CH2O3/c1-2-3-4-5-6-7-8-9-10-11-12-13-14(15(17)18)16(19)20;2*2-1(3)4/h14H,2-13H2,1H3,(H,17,18)(H,19,20);2*(H2,2,3,4). The van der Waals surface area contributed by atoms with Crippen molar-refractivity contribution in [2.24, 2.45) is 5.92 Å². The maximum absolute atomic E-state index is 10.7. The second kappa shape index (κ2) is 22.5. The van der Waals surface area contributed by atoms with Crippen LogP contribution >= 0.6 is 0 Å². The van der Waals surface area contributed by atoms with Crippen molar-refractivity contribution in [3.8, 4) is 0 Å². The van der Waals surface area contributed by atoms with E-state index in [1.165, 1.54) is 51.4 Å². The number of unbranched alkanes of at least 4 members (excludes halogenated alkanes) is 10. The highest BCUT2D eigenvalue weighted by Gasteiger charge is 2.24. The molecule has 0 rings (SSSR count). The Hall–Kier alpha value is -2.52. The maximum atomic E-state index is 10.7. The van der Waals surface area contributed by atoms with Crippen LogP contribution in [0.3, 0.4) is 0 Å². The summed E-state index contributed by atoms with van der Waals surface area (Å²) < 4.78 is 0. The van der Waals surface area contributed by atoms with E-state index in [1.54, 1.807) is 0 Å². The van der Waals surface area contributed by atoms with Crippen molar-refractivity contribution >= 4 is 24.2 Å². The minimum atomic E-state index is -1.83. The van der Waals surface area contributed by atoms with Crippen LogP contribution in [-0.4, -0.2) is 54.9 Å². The Balaban J connectivity index is -0.000000656. The highest BCUT2D eigenvalue weighted by atomic mass is 16.6. The minimum Gasteiger partial charge on any atom is -0.481 e. The zero-order valence-electron chi connectivity index (χ0n) is 16.4. The number of hydrogen-bond donors (Lipinski definition) is 6. The molecule has 0 atom stereocenters. The van der Waals surface area contributed by atoms with E-state index >= 15 is 0 Å². The van der Waals surface area contributed by atoms with E-state index < -0.39 is 30.2 Å². The Morgan fingerprint density at radius 3 is 1.04 bits per heavy atom. The average Bonchev–Trinajstić information content (AvgIpc) is 2.54. The Bertz CT molecular complexity index is 389. The van der Waals surface area contributed by atoms with Crippen LogP contribution in [0, 0.1) is 5.92 Å². The van der Waals surface area contributed by atoms with Gasteiger partial charge in [0.15, 0.2) is 5.92 Å². The van der Waals surface area contributed by atoms with Crippen molar-refractivity contribution in [1.29, 1.82) is 0 Å². The molecule has 28 heavy (non-hydrogen) atoms. The summed E-state index contributed by atoms with van der Waals surface area (Å²) in [5.74, 6) is -3.66. The lowest BCUT2D eigenvalue weighted by Gasteiger charge is -2.06. The quantitative estimate of drug-likeness (QED) is 0.169. The van der Waals surface area contributed by atoms with E-state index in [9.17, 15) is 9.59 Å². The van der Waals surface area contributed by atoms with Crippen molar-refractivity contribution in [1.82, 2.24) is 0 Å². The molecule has 6 N–H and O–H groups in total. The molecule has 0 aromatic rings. The third-order valence-corrected chi connectivity index (χ3v) is 3.69. The lowest BCUT2D eigenvalue weighted by molar-refractivity contribution is -0.154. The van der Waals surface area contributed by atoms with Crippen LogP contribution in [0.1, 0.15) is 84.0 Å². The first-order valence-corrected chi connectivity index (χ1v) is 9.35. The molecule has 0 spiro atoms. The second-order valence-electron chi connectivity index (χ2n) is 6.12. The van der Waals surface area contributed by atoms with Crippen molar-refractivity contribution in [3.63, 3.8) is 0 Å². The molecule has 0 aromatic heterocycles. The molecule has 0 fully saturated rings. The number of carboxylic acids is 2. The molecular weight excluding hydrogens is 376 g/mol. The van der Waals surface area contributed by atoms with Crippen LogP contribution < -0.4 is 0 Å². The van der Waals surface area contributed by atoms with Gasteiger partial charge in [0.05, 0.1) is 0 Å². The summed E-state index contributed by atoms with van der Waals surface area (Å²) in [7, 11) is 0.